The van der Waals surface area contributed by atoms with Crippen molar-refractivity contribution < 1.29 is 9.90 Å². The Morgan fingerprint density at radius 1 is 1.37 bits per heavy atom. The number of carbonyl (C=O) groups excluding carboxylic acids is 1. The van der Waals surface area contributed by atoms with E-state index in [0.717, 1.165) is 25.7 Å². The Morgan fingerprint density at radius 2 is 1.95 bits per heavy atom. The van der Waals surface area contributed by atoms with Crippen molar-refractivity contribution >= 4 is 5.91 Å². The van der Waals surface area contributed by atoms with Crippen LogP contribution >= 0.6 is 0 Å². The lowest BCUT2D eigenvalue weighted by Crippen LogP contribution is -2.63. The van der Waals surface area contributed by atoms with Crippen molar-refractivity contribution in [1.29, 1.82) is 0 Å². The van der Waals surface area contributed by atoms with Gasteiger partial charge in [0, 0.05) is 18.0 Å². The van der Waals surface area contributed by atoms with Crippen molar-refractivity contribution in [1.82, 2.24) is 5.32 Å². The fourth-order valence-corrected chi connectivity index (χ4v) is 3.30. The standard InChI is InChI=1S/C15H28N2O2/c1-10-4-6-15(9-16,7-5-10)13(19)17-11-8-12(18)14(11,2)3/h10-12,18H,4-9,16H2,1-3H3,(H,17,19). The molecular weight excluding hydrogens is 240 g/mol. The number of nitrogens with one attached hydrogen (secondary N) is 1. The zero-order valence-electron chi connectivity index (χ0n) is 12.4. The number of amides is 1. The number of rotatable bonds is 3. The van der Waals surface area contributed by atoms with Crippen LogP contribution in [0.25, 0.3) is 0 Å². The van der Waals surface area contributed by atoms with Gasteiger partial charge >= 0.3 is 0 Å². The van der Waals surface area contributed by atoms with Gasteiger partial charge in [-0.2, -0.15) is 0 Å². The van der Waals surface area contributed by atoms with Crippen molar-refractivity contribution in [2.45, 2.75) is 65.0 Å². The highest BCUT2D eigenvalue weighted by molar-refractivity contribution is 5.83. The van der Waals surface area contributed by atoms with E-state index in [1.54, 1.807) is 0 Å². The third kappa shape index (κ3) is 2.52. The van der Waals surface area contributed by atoms with Gasteiger partial charge in [-0.15, -0.1) is 0 Å². The second-order valence-electron chi connectivity index (χ2n) is 7.27. The summed E-state index contributed by atoms with van der Waals surface area (Å²) in [4.78, 5) is 12.6. The van der Waals surface area contributed by atoms with Crippen LogP contribution in [0.4, 0.5) is 0 Å². The maximum atomic E-state index is 12.6. The number of aliphatic hydroxyl groups is 1. The fraction of sp³-hybridized carbons (Fsp3) is 0.933. The summed E-state index contributed by atoms with van der Waals surface area (Å²) < 4.78 is 0. The van der Waals surface area contributed by atoms with Gasteiger partial charge in [0.15, 0.2) is 0 Å². The molecule has 4 heteroatoms. The first-order valence-electron chi connectivity index (χ1n) is 7.51. The molecule has 0 spiro atoms. The number of carbonyl (C=O) groups is 1. The van der Waals surface area contributed by atoms with Crippen LogP contribution in [0.5, 0.6) is 0 Å². The monoisotopic (exact) mass is 268 g/mol. The second kappa shape index (κ2) is 5.06. The van der Waals surface area contributed by atoms with Crippen molar-refractivity contribution in [2.75, 3.05) is 6.54 Å². The topological polar surface area (TPSA) is 75.4 Å². The Labute approximate surface area is 116 Å². The van der Waals surface area contributed by atoms with E-state index in [1.807, 2.05) is 13.8 Å². The first-order valence-corrected chi connectivity index (χ1v) is 7.51. The van der Waals surface area contributed by atoms with Gasteiger partial charge in [-0.3, -0.25) is 4.79 Å². The van der Waals surface area contributed by atoms with Crippen LogP contribution in [0.1, 0.15) is 52.9 Å². The molecule has 2 aliphatic carbocycles. The zero-order chi connectivity index (χ0) is 14.3. The van der Waals surface area contributed by atoms with E-state index in [0.29, 0.717) is 18.9 Å². The van der Waals surface area contributed by atoms with E-state index in [9.17, 15) is 9.90 Å². The van der Waals surface area contributed by atoms with E-state index in [1.165, 1.54) is 0 Å². The van der Waals surface area contributed by atoms with Crippen LogP contribution < -0.4 is 11.1 Å². The van der Waals surface area contributed by atoms with Crippen molar-refractivity contribution in [3.63, 3.8) is 0 Å². The lowest BCUT2D eigenvalue weighted by atomic mass is 9.63. The second-order valence-corrected chi connectivity index (χ2v) is 7.27. The minimum absolute atomic E-state index is 0.0813. The Balaban J connectivity index is 1.98. The summed E-state index contributed by atoms with van der Waals surface area (Å²) in [6.07, 6.45) is 4.31. The minimum Gasteiger partial charge on any atom is -0.392 e. The predicted octanol–water partition coefficient (Wildman–Crippen LogP) is 1.42. The molecule has 19 heavy (non-hydrogen) atoms. The summed E-state index contributed by atoms with van der Waals surface area (Å²) in [5.41, 5.74) is 5.32. The van der Waals surface area contributed by atoms with Crippen molar-refractivity contribution in [2.24, 2.45) is 22.5 Å². The minimum atomic E-state index is -0.372. The van der Waals surface area contributed by atoms with E-state index in [-0.39, 0.29) is 28.9 Å². The van der Waals surface area contributed by atoms with Crippen LogP contribution in [0, 0.1) is 16.7 Å². The quantitative estimate of drug-likeness (QED) is 0.724. The normalized spacial score (nSPS) is 41.4. The molecule has 0 aromatic carbocycles. The molecule has 2 unspecified atom stereocenters. The van der Waals surface area contributed by atoms with Gasteiger partial charge in [0.1, 0.15) is 0 Å². The van der Waals surface area contributed by atoms with E-state index in [4.69, 9.17) is 5.73 Å². The first-order chi connectivity index (χ1) is 8.82. The predicted molar refractivity (Wildman–Crippen MR) is 75.5 cm³/mol. The molecule has 2 fully saturated rings. The molecule has 0 bridgehead atoms. The summed E-state index contributed by atoms with van der Waals surface area (Å²) >= 11 is 0. The Morgan fingerprint density at radius 3 is 2.37 bits per heavy atom. The number of nitrogens with two attached hydrogens (primary N) is 1. The molecule has 0 aromatic rings. The lowest BCUT2D eigenvalue weighted by Gasteiger charge is -2.50. The maximum absolute atomic E-state index is 12.6. The highest BCUT2D eigenvalue weighted by atomic mass is 16.3. The SMILES string of the molecule is CC1CCC(CN)(C(=O)NC2CC(O)C2(C)C)CC1. The van der Waals surface area contributed by atoms with Gasteiger partial charge in [0.2, 0.25) is 5.91 Å². The summed E-state index contributed by atoms with van der Waals surface area (Å²) in [5.74, 6) is 0.807. The van der Waals surface area contributed by atoms with Gasteiger partial charge in [-0.1, -0.05) is 20.8 Å². The van der Waals surface area contributed by atoms with Crippen LogP contribution in [0.3, 0.4) is 0 Å². The highest BCUT2D eigenvalue weighted by Crippen LogP contribution is 2.43. The lowest BCUT2D eigenvalue weighted by molar-refractivity contribution is -0.140. The Hall–Kier alpha value is -0.610. The molecule has 2 saturated carbocycles. The molecule has 0 heterocycles. The molecular formula is C15H28N2O2. The molecule has 2 atom stereocenters. The van der Waals surface area contributed by atoms with Crippen LogP contribution in [0.15, 0.2) is 0 Å². The summed E-state index contributed by atoms with van der Waals surface area (Å²) in [6.45, 7) is 6.68. The number of aliphatic hydroxyl groups excluding tert-OH is 1. The fourth-order valence-electron chi connectivity index (χ4n) is 3.30. The van der Waals surface area contributed by atoms with Crippen LogP contribution in [-0.2, 0) is 4.79 Å². The molecule has 0 radical (unpaired) electrons. The number of hydrogen-bond donors (Lipinski definition) is 3. The van der Waals surface area contributed by atoms with E-state index >= 15 is 0 Å². The van der Waals surface area contributed by atoms with Gasteiger partial charge in [-0.25, -0.2) is 0 Å². The van der Waals surface area contributed by atoms with Crippen LogP contribution in [0.2, 0.25) is 0 Å². The average Bonchev–Trinajstić information content (AvgIpc) is 2.39. The molecule has 4 nitrogen and oxygen atoms in total. The van der Waals surface area contributed by atoms with Gasteiger partial charge < -0.3 is 16.2 Å². The molecule has 2 rings (SSSR count). The molecule has 4 N–H and O–H groups in total. The molecule has 0 aromatic heterocycles. The van der Waals surface area contributed by atoms with Crippen LogP contribution in [-0.4, -0.2) is 29.7 Å². The van der Waals surface area contributed by atoms with Gasteiger partial charge in [0.05, 0.1) is 11.5 Å². The average molecular weight is 268 g/mol. The van der Waals surface area contributed by atoms with Gasteiger partial charge in [-0.05, 0) is 38.0 Å². The Kier molecular flexibility index (Phi) is 3.94. The van der Waals surface area contributed by atoms with E-state index < -0.39 is 0 Å². The largest absolute Gasteiger partial charge is 0.392 e. The van der Waals surface area contributed by atoms with E-state index in [2.05, 4.69) is 12.2 Å². The molecule has 110 valence electrons. The third-order valence-electron chi connectivity index (χ3n) is 5.63. The summed E-state index contributed by atoms with van der Waals surface area (Å²) in [6, 6.07) is 0.0813. The zero-order valence-corrected chi connectivity index (χ0v) is 12.4. The summed E-state index contributed by atoms with van der Waals surface area (Å²) in [5, 5.41) is 12.9. The third-order valence-corrected chi connectivity index (χ3v) is 5.63. The van der Waals surface area contributed by atoms with Crippen molar-refractivity contribution in [3.8, 4) is 0 Å². The Bertz CT molecular complexity index is 346. The molecule has 0 saturated heterocycles. The van der Waals surface area contributed by atoms with Crippen molar-refractivity contribution in [3.05, 3.63) is 0 Å². The smallest absolute Gasteiger partial charge is 0.227 e. The summed E-state index contributed by atoms with van der Waals surface area (Å²) in [7, 11) is 0. The maximum Gasteiger partial charge on any atom is 0.227 e. The van der Waals surface area contributed by atoms with Gasteiger partial charge in [0.25, 0.3) is 0 Å². The molecule has 0 aliphatic heterocycles. The highest BCUT2D eigenvalue weighted by Gasteiger charge is 2.50. The molecule has 1 amide bonds. The number of hydrogen-bond acceptors (Lipinski definition) is 3. The molecule has 2 aliphatic rings. The first kappa shape index (κ1) is 14.8.